The maximum Gasteiger partial charge on any atom is 0.308 e. The van der Waals surface area contributed by atoms with Crippen LogP contribution in [0.4, 0.5) is 0 Å². The highest BCUT2D eigenvalue weighted by Crippen LogP contribution is 2.30. The van der Waals surface area contributed by atoms with Crippen LogP contribution in [0.15, 0.2) is 23.1 Å². The van der Waals surface area contributed by atoms with Crippen molar-refractivity contribution >= 4 is 21.8 Å². The zero-order valence-corrected chi connectivity index (χ0v) is 13.7. The van der Waals surface area contributed by atoms with E-state index in [-0.39, 0.29) is 29.7 Å². The molecule has 2 aliphatic rings. The van der Waals surface area contributed by atoms with E-state index in [9.17, 15) is 18.0 Å². The van der Waals surface area contributed by atoms with Crippen molar-refractivity contribution in [3.63, 3.8) is 0 Å². The number of carbonyl (C=O) groups excluding carboxylic acids is 1. The van der Waals surface area contributed by atoms with Crippen LogP contribution in [0.3, 0.4) is 0 Å². The van der Waals surface area contributed by atoms with Crippen LogP contribution in [-0.4, -0.2) is 42.7 Å². The maximum atomic E-state index is 12.8. The molecule has 0 spiro atoms. The Hall–Kier alpha value is -1.73. The minimum atomic E-state index is -3.78. The normalized spacial score (nSPS) is 25.3. The van der Waals surface area contributed by atoms with Crippen molar-refractivity contribution in [3.05, 3.63) is 29.3 Å². The molecule has 0 radical (unpaired) electrons. The smallest absolute Gasteiger partial charge is 0.308 e. The summed E-state index contributed by atoms with van der Waals surface area (Å²) in [6.07, 6.45) is 2.02. The molecule has 23 heavy (non-hydrogen) atoms. The van der Waals surface area contributed by atoms with Gasteiger partial charge in [-0.05, 0) is 36.5 Å². The molecule has 2 atom stereocenters. The highest BCUT2D eigenvalue weighted by Gasteiger charge is 2.41. The number of carbonyl (C=O) groups is 2. The van der Waals surface area contributed by atoms with Crippen molar-refractivity contribution in [2.24, 2.45) is 11.8 Å². The molecule has 0 unspecified atom stereocenters. The van der Waals surface area contributed by atoms with Crippen LogP contribution < -0.4 is 0 Å². The molecular weight excluding hydrogens is 318 g/mol. The number of ketones is 1. The third-order valence-corrected chi connectivity index (χ3v) is 6.59. The Morgan fingerprint density at radius 1 is 1.26 bits per heavy atom. The molecule has 0 saturated carbocycles. The number of nitrogens with zero attached hydrogens (tertiary/aromatic N) is 1. The summed E-state index contributed by atoms with van der Waals surface area (Å²) in [7, 11) is -3.78. The van der Waals surface area contributed by atoms with Crippen LogP contribution in [-0.2, 0) is 21.2 Å². The highest BCUT2D eigenvalue weighted by molar-refractivity contribution is 7.89. The largest absolute Gasteiger partial charge is 0.481 e. The number of hydrogen-bond donors (Lipinski definition) is 1. The van der Waals surface area contributed by atoms with Crippen molar-refractivity contribution in [2.45, 2.75) is 31.1 Å². The lowest BCUT2D eigenvalue weighted by atomic mass is 9.91. The molecule has 1 aromatic rings. The molecule has 124 valence electrons. The summed E-state index contributed by atoms with van der Waals surface area (Å²) in [5.74, 6) is -1.93. The summed E-state index contributed by atoms with van der Waals surface area (Å²) in [5.41, 5.74) is 1.37. The molecular formula is C16H19NO5S. The molecule has 1 aliphatic heterocycles. The van der Waals surface area contributed by atoms with Crippen LogP contribution in [0.25, 0.3) is 0 Å². The van der Waals surface area contributed by atoms with Crippen LogP contribution in [0.1, 0.15) is 35.7 Å². The fraction of sp³-hybridized carbons (Fsp3) is 0.500. The lowest BCUT2D eigenvalue weighted by Crippen LogP contribution is -2.30. The van der Waals surface area contributed by atoms with Gasteiger partial charge < -0.3 is 5.11 Å². The molecule has 6 nitrogen and oxygen atoms in total. The minimum Gasteiger partial charge on any atom is -0.481 e. The molecule has 1 N–H and O–H groups in total. The highest BCUT2D eigenvalue weighted by atomic mass is 32.2. The summed E-state index contributed by atoms with van der Waals surface area (Å²) < 4.78 is 26.7. The summed E-state index contributed by atoms with van der Waals surface area (Å²) in [5, 5.41) is 9.16. The van der Waals surface area contributed by atoms with Gasteiger partial charge in [0.1, 0.15) is 0 Å². The number of rotatable bonds is 3. The molecule has 1 aromatic carbocycles. The Morgan fingerprint density at radius 2 is 2.00 bits per heavy atom. The Balaban J connectivity index is 1.93. The second-order valence-corrected chi connectivity index (χ2v) is 8.28. The summed E-state index contributed by atoms with van der Waals surface area (Å²) in [6.45, 7) is 1.90. The van der Waals surface area contributed by atoms with Crippen LogP contribution in [0.2, 0.25) is 0 Å². The third kappa shape index (κ3) is 2.79. The zero-order valence-electron chi connectivity index (χ0n) is 12.9. The van der Waals surface area contributed by atoms with Crippen LogP contribution in [0.5, 0.6) is 0 Å². The number of benzene rings is 1. The first-order valence-electron chi connectivity index (χ1n) is 7.70. The standard InChI is InChI=1S/C16H19NO5S/c1-10-8-17(9-14(10)16(19)20)23(21,22)12-6-5-11-3-2-4-15(18)13(11)7-12/h5-7,10,14H,2-4,8-9H2,1H3,(H,19,20)/t10-,14-/m1/s1. The second kappa shape index (κ2) is 5.72. The number of aliphatic carboxylic acids is 1. The van der Waals surface area contributed by atoms with Gasteiger partial charge in [-0.1, -0.05) is 13.0 Å². The molecule has 0 aromatic heterocycles. The zero-order chi connectivity index (χ0) is 16.8. The van der Waals surface area contributed by atoms with Crippen LogP contribution >= 0.6 is 0 Å². The van der Waals surface area contributed by atoms with Gasteiger partial charge in [-0.25, -0.2) is 8.42 Å². The van der Waals surface area contributed by atoms with Gasteiger partial charge in [0.2, 0.25) is 10.0 Å². The van der Waals surface area contributed by atoms with Gasteiger partial charge in [0.25, 0.3) is 0 Å². The average Bonchev–Trinajstić information content (AvgIpc) is 2.90. The Kier molecular flexibility index (Phi) is 4.01. The first-order chi connectivity index (χ1) is 10.8. The maximum absolute atomic E-state index is 12.8. The SMILES string of the molecule is C[C@@H]1CN(S(=O)(=O)c2ccc3c(c2)C(=O)CCC3)C[C@H]1C(=O)O. The Bertz CT molecular complexity index is 771. The van der Waals surface area contributed by atoms with E-state index >= 15 is 0 Å². The Morgan fingerprint density at radius 3 is 2.65 bits per heavy atom. The Labute approximate surface area is 135 Å². The first-order valence-corrected chi connectivity index (χ1v) is 9.14. The van der Waals surface area contributed by atoms with Gasteiger partial charge in [-0.15, -0.1) is 0 Å². The van der Waals surface area contributed by atoms with E-state index in [0.717, 1.165) is 18.4 Å². The van der Waals surface area contributed by atoms with Gasteiger partial charge in [-0.2, -0.15) is 4.31 Å². The number of hydrogen-bond acceptors (Lipinski definition) is 4. The summed E-state index contributed by atoms with van der Waals surface area (Å²) in [6, 6.07) is 4.67. The van der Waals surface area contributed by atoms with Gasteiger partial charge in [0, 0.05) is 25.1 Å². The summed E-state index contributed by atoms with van der Waals surface area (Å²) in [4.78, 5) is 23.3. The van der Waals surface area contributed by atoms with E-state index in [0.29, 0.717) is 12.0 Å². The van der Waals surface area contributed by atoms with E-state index in [2.05, 4.69) is 0 Å². The monoisotopic (exact) mass is 337 g/mol. The molecule has 7 heteroatoms. The minimum absolute atomic E-state index is 0.0239. The fourth-order valence-corrected chi connectivity index (χ4v) is 4.95. The average molecular weight is 337 g/mol. The molecule has 3 rings (SSSR count). The molecule has 0 amide bonds. The van der Waals surface area contributed by atoms with Crippen LogP contribution in [0, 0.1) is 11.8 Å². The van der Waals surface area contributed by atoms with Crippen molar-refractivity contribution < 1.29 is 23.1 Å². The van der Waals surface area contributed by atoms with E-state index < -0.39 is 21.9 Å². The predicted molar refractivity (Wildman–Crippen MR) is 82.8 cm³/mol. The molecule has 1 fully saturated rings. The van der Waals surface area contributed by atoms with Gasteiger partial charge in [0.05, 0.1) is 10.8 Å². The van der Waals surface area contributed by atoms with E-state index in [4.69, 9.17) is 5.11 Å². The quantitative estimate of drug-likeness (QED) is 0.903. The number of carboxylic acids is 1. The number of carboxylic acid groups (broad SMARTS) is 1. The lowest BCUT2D eigenvalue weighted by molar-refractivity contribution is -0.142. The number of aryl methyl sites for hydroxylation is 1. The number of fused-ring (bicyclic) bond motifs is 1. The molecule has 1 saturated heterocycles. The van der Waals surface area contributed by atoms with Gasteiger partial charge in [0.15, 0.2) is 5.78 Å². The number of sulfonamides is 1. The van der Waals surface area contributed by atoms with Crippen molar-refractivity contribution in [3.8, 4) is 0 Å². The molecule has 0 bridgehead atoms. The van der Waals surface area contributed by atoms with Crippen molar-refractivity contribution in [2.75, 3.05) is 13.1 Å². The number of Topliss-reactive ketones (excluding diaryl/α,β-unsaturated/α-hetero) is 1. The van der Waals surface area contributed by atoms with Crippen molar-refractivity contribution in [1.29, 1.82) is 0 Å². The van der Waals surface area contributed by atoms with Gasteiger partial charge in [-0.3, -0.25) is 9.59 Å². The first kappa shape index (κ1) is 16.1. The summed E-state index contributed by atoms with van der Waals surface area (Å²) >= 11 is 0. The van der Waals surface area contributed by atoms with Crippen molar-refractivity contribution in [1.82, 2.24) is 4.31 Å². The second-order valence-electron chi connectivity index (χ2n) is 6.34. The van der Waals surface area contributed by atoms with E-state index in [1.807, 2.05) is 0 Å². The van der Waals surface area contributed by atoms with E-state index in [1.165, 1.54) is 16.4 Å². The fourth-order valence-electron chi connectivity index (χ4n) is 3.36. The van der Waals surface area contributed by atoms with E-state index in [1.54, 1.807) is 13.0 Å². The molecule has 1 aliphatic carbocycles. The topological polar surface area (TPSA) is 91.8 Å². The third-order valence-electron chi connectivity index (χ3n) is 4.77. The predicted octanol–water partition coefficient (Wildman–Crippen LogP) is 1.55. The molecule has 1 heterocycles. The lowest BCUT2D eigenvalue weighted by Gasteiger charge is -2.19. The van der Waals surface area contributed by atoms with Gasteiger partial charge >= 0.3 is 5.97 Å².